The lowest BCUT2D eigenvalue weighted by molar-refractivity contribution is -0.121. The number of carbonyl (C=O) groups is 1. The lowest BCUT2D eigenvalue weighted by Crippen LogP contribution is -2.34. The average Bonchev–Trinajstić information content (AvgIpc) is 2.68. The molecule has 2 unspecified atom stereocenters. The highest BCUT2D eigenvalue weighted by Gasteiger charge is 2.12. The summed E-state index contributed by atoms with van der Waals surface area (Å²) in [5.74, 6) is 1.98. The molecule has 1 heterocycles. The van der Waals surface area contributed by atoms with Crippen LogP contribution in [-0.4, -0.2) is 18.5 Å². The zero-order valence-electron chi connectivity index (χ0n) is 12.7. The molecule has 4 nitrogen and oxygen atoms in total. The highest BCUT2D eigenvalue weighted by atomic mass is 16.3. The summed E-state index contributed by atoms with van der Waals surface area (Å²) in [6.45, 7) is 10.8. The van der Waals surface area contributed by atoms with Crippen molar-refractivity contribution in [3.63, 3.8) is 0 Å². The molecule has 1 aromatic rings. The van der Waals surface area contributed by atoms with Gasteiger partial charge in [0.05, 0.1) is 0 Å². The van der Waals surface area contributed by atoms with Gasteiger partial charge < -0.3 is 15.1 Å². The van der Waals surface area contributed by atoms with Gasteiger partial charge >= 0.3 is 0 Å². The van der Waals surface area contributed by atoms with Crippen LogP contribution in [0.2, 0.25) is 0 Å². The van der Waals surface area contributed by atoms with Crippen LogP contribution in [0.1, 0.15) is 56.7 Å². The van der Waals surface area contributed by atoms with E-state index in [0.717, 1.165) is 17.9 Å². The van der Waals surface area contributed by atoms with Crippen molar-refractivity contribution in [3.05, 3.63) is 23.2 Å². The SMILES string of the molecule is CCC(C)NC(=O)CCNC(C)c1cc(C)oc1C. The van der Waals surface area contributed by atoms with Crippen molar-refractivity contribution in [1.82, 2.24) is 10.6 Å². The average molecular weight is 266 g/mol. The number of hydrogen-bond acceptors (Lipinski definition) is 3. The van der Waals surface area contributed by atoms with Crippen LogP contribution in [-0.2, 0) is 4.79 Å². The Morgan fingerprint density at radius 2 is 2.05 bits per heavy atom. The second kappa shape index (κ2) is 7.34. The Hall–Kier alpha value is -1.29. The van der Waals surface area contributed by atoms with Gasteiger partial charge in [0.2, 0.25) is 5.91 Å². The first-order valence-corrected chi connectivity index (χ1v) is 7.03. The summed E-state index contributed by atoms with van der Waals surface area (Å²) >= 11 is 0. The first kappa shape index (κ1) is 15.8. The van der Waals surface area contributed by atoms with Crippen molar-refractivity contribution in [2.24, 2.45) is 0 Å². The van der Waals surface area contributed by atoms with E-state index < -0.39 is 0 Å². The van der Waals surface area contributed by atoms with Crippen molar-refractivity contribution >= 4 is 5.91 Å². The molecule has 0 aliphatic heterocycles. The summed E-state index contributed by atoms with van der Waals surface area (Å²) in [5.41, 5.74) is 1.17. The number of carbonyl (C=O) groups excluding carboxylic acids is 1. The molecule has 0 radical (unpaired) electrons. The number of rotatable bonds is 7. The molecular weight excluding hydrogens is 240 g/mol. The van der Waals surface area contributed by atoms with Crippen molar-refractivity contribution in [3.8, 4) is 0 Å². The fourth-order valence-electron chi connectivity index (χ4n) is 2.04. The molecule has 0 bridgehead atoms. The van der Waals surface area contributed by atoms with Crippen LogP contribution in [0, 0.1) is 13.8 Å². The number of nitrogens with one attached hydrogen (secondary N) is 2. The third kappa shape index (κ3) is 5.07. The fourth-order valence-corrected chi connectivity index (χ4v) is 2.04. The van der Waals surface area contributed by atoms with E-state index in [9.17, 15) is 4.79 Å². The van der Waals surface area contributed by atoms with E-state index in [1.807, 2.05) is 26.8 Å². The van der Waals surface area contributed by atoms with Gasteiger partial charge in [-0.3, -0.25) is 4.79 Å². The Morgan fingerprint density at radius 1 is 1.37 bits per heavy atom. The Kier molecular flexibility index (Phi) is 6.09. The van der Waals surface area contributed by atoms with E-state index >= 15 is 0 Å². The van der Waals surface area contributed by atoms with Gasteiger partial charge in [-0.2, -0.15) is 0 Å². The summed E-state index contributed by atoms with van der Waals surface area (Å²) < 4.78 is 5.51. The maximum Gasteiger partial charge on any atom is 0.221 e. The minimum absolute atomic E-state index is 0.106. The first-order valence-electron chi connectivity index (χ1n) is 7.03. The summed E-state index contributed by atoms with van der Waals surface area (Å²) in [4.78, 5) is 11.6. The van der Waals surface area contributed by atoms with Crippen LogP contribution < -0.4 is 10.6 Å². The van der Waals surface area contributed by atoms with Crippen LogP contribution in [0.25, 0.3) is 0 Å². The van der Waals surface area contributed by atoms with Gasteiger partial charge in [0, 0.05) is 30.6 Å². The van der Waals surface area contributed by atoms with Gasteiger partial charge in [-0.15, -0.1) is 0 Å². The molecule has 4 heteroatoms. The van der Waals surface area contributed by atoms with Crippen LogP contribution in [0.15, 0.2) is 10.5 Å². The number of hydrogen-bond donors (Lipinski definition) is 2. The molecule has 0 aromatic carbocycles. The quantitative estimate of drug-likeness (QED) is 0.798. The van der Waals surface area contributed by atoms with Crippen LogP contribution in [0.3, 0.4) is 0 Å². The molecule has 0 fully saturated rings. The molecule has 1 rings (SSSR count). The molecule has 19 heavy (non-hydrogen) atoms. The second-order valence-corrected chi connectivity index (χ2v) is 5.17. The standard InChI is InChI=1S/C15H26N2O2/c1-6-10(2)17-15(18)7-8-16-12(4)14-9-11(3)19-13(14)5/h9-10,12,16H,6-8H2,1-5H3,(H,17,18). The Morgan fingerprint density at radius 3 is 2.58 bits per heavy atom. The van der Waals surface area contributed by atoms with Gasteiger partial charge in [0.15, 0.2) is 0 Å². The van der Waals surface area contributed by atoms with E-state index in [4.69, 9.17) is 4.42 Å². The van der Waals surface area contributed by atoms with Gasteiger partial charge in [-0.1, -0.05) is 6.92 Å². The lowest BCUT2D eigenvalue weighted by atomic mass is 10.1. The maximum atomic E-state index is 11.6. The van der Waals surface area contributed by atoms with Gasteiger partial charge in [-0.25, -0.2) is 0 Å². The highest BCUT2D eigenvalue weighted by molar-refractivity contribution is 5.76. The molecule has 0 saturated heterocycles. The molecule has 2 N–H and O–H groups in total. The molecular formula is C15H26N2O2. The van der Waals surface area contributed by atoms with E-state index in [0.29, 0.717) is 13.0 Å². The Labute approximate surface area is 116 Å². The molecule has 1 aromatic heterocycles. The first-order chi connectivity index (χ1) is 8.93. The Balaban J connectivity index is 2.33. The monoisotopic (exact) mass is 266 g/mol. The predicted molar refractivity (Wildman–Crippen MR) is 77.1 cm³/mol. The normalized spacial score (nSPS) is 14.2. The van der Waals surface area contributed by atoms with Crippen LogP contribution in [0.4, 0.5) is 0 Å². The molecule has 2 atom stereocenters. The van der Waals surface area contributed by atoms with E-state index in [1.165, 1.54) is 5.56 Å². The number of aryl methyl sites for hydroxylation is 2. The fraction of sp³-hybridized carbons (Fsp3) is 0.667. The smallest absolute Gasteiger partial charge is 0.221 e. The van der Waals surface area contributed by atoms with Crippen molar-refractivity contribution in [2.45, 2.75) is 59.5 Å². The molecule has 1 amide bonds. The largest absolute Gasteiger partial charge is 0.466 e. The maximum absolute atomic E-state index is 11.6. The third-order valence-electron chi connectivity index (χ3n) is 3.37. The topological polar surface area (TPSA) is 54.3 Å². The van der Waals surface area contributed by atoms with Gasteiger partial charge in [0.25, 0.3) is 0 Å². The van der Waals surface area contributed by atoms with Gasteiger partial charge in [-0.05, 0) is 40.2 Å². The lowest BCUT2D eigenvalue weighted by Gasteiger charge is -2.14. The number of furan rings is 1. The highest BCUT2D eigenvalue weighted by Crippen LogP contribution is 2.20. The zero-order valence-corrected chi connectivity index (χ0v) is 12.7. The minimum atomic E-state index is 0.106. The minimum Gasteiger partial charge on any atom is -0.466 e. The summed E-state index contributed by atoms with van der Waals surface area (Å²) in [6.07, 6.45) is 1.47. The third-order valence-corrected chi connectivity index (χ3v) is 3.37. The van der Waals surface area contributed by atoms with Crippen LogP contribution >= 0.6 is 0 Å². The molecule has 108 valence electrons. The van der Waals surface area contributed by atoms with E-state index in [1.54, 1.807) is 0 Å². The van der Waals surface area contributed by atoms with Crippen molar-refractivity contribution < 1.29 is 9.21 Å². The number of amides is 1. The van der Waals surface area contributed by atoms with Crippen molar-refractivity contribution in [1.29, 1.82) is 0 Å². The summed E-state index contributed by atoms with van der Waals surface area (Å²) in [6, 6.07) is 2.50. The predicted octanol–water partition coefficient (Wildman–Crippen LogP) is 2.85. The van der Waals surface area contributed by atoms with Gasteiger partial charge in [0.1, 0.15) is 11.5 Å². The van der Waals surface area contributed by atoms with Crippen LogP contribution in [0.5, 0.6) is 0 Å². The molecule has 0 aliphatic carbocycles. The second-order valence-electron chi connectivity index (χ2n) is 5.17. The van der Waals surface area contributed by atoms with Crippen molar-refractivity contribution in [2.75, 3.05) is 6.54 Å². The Bertz CT molecular complexity index is 412. The molecule has 0 aliphatic rings. The van der Waals surface area contributed by atoms with E-state index in [-0.39, 0.29) is 18.0 Å². The summed E-state index contributed by atoms with van der Waals surface area (Å²) in [7, 11) is 0. The zero-order chi connectivity index (χ0) is 14.4. The molecule has 0 saturated carbocycles. The van der Waals surface area contributed by atoms with E-state index in [2.05, 4.69) is 24.5 Å². The summed E-state index contributed by atoms with van der Waals surface area (Å²) in [5, 5.41) is 6.32. The molecule has 0 spiro atoms.